The average molecular weight is 501 g/mol. The number of aromatic nitrogens is 3. The highest BCUT2D eigenvalue weighted by Crippen LogP contribution is 2.22. The quantitative estimate of drug-likeness (QED) is 0.256. The molecule has 0 spiro atoms. The molecule has 2 aromatic carbocycles. The SMILES string of the molecule is C=CCn1c(CS(=O)(=O)c2ccc(C)cc2)nnc1SCC(=O)Nc1ccc(C(=O)OC)cc1. The summed E-state index contributed by atoms with van der Waals surface area (Å²) >= 11 is 1.13. The monoisotopic (exact) mass is 500 g/mol. The lowest BCUT2D eigenvalue weighted by atomic mass is 10.2. The molecule has 0 radical (unpaired) electrons. The summed E-state index contributed by atoms with van der Waals surface area (Å²) in [7, 11) is -2.32. The van der Waals surface area contributed by atoms with Crippen LogP contribution in [0.1, 0.15) is 21.7 Å². The summed E-state index contributed by atoms with van der Waals surface area (Å²) in [6.07, 6.45) is 1.61. The van der Waals surface area contributed by atoms with Gasteiger partial charge in [0.15, 0.2) is 15.0 Å². The molecule has 3 aromatic rings. The molecule has 9 nitrogen and oxygen atoms in total. The molecule has 178 valence electrons. The number of allylic oxidation sites excluding steroid dienone is 1. The zero-order valence-corrected chi connectivity index (χ0v) is 20.4. The first-order valence-corrected chi connectivity index (χ1v) is 12.8. The molecule has 3 rings (SSSR count). The van der Waals surface area contributed by atoms with Crippen LogP contribution in [0.15, 0.2) is 71.2 Å². The first-order valence-electron chi connectivity index (χ1n) is 10.2. The van der Waals surface area contributed by atoms with Gasteiger partial charge in [-0.1, -0.05) is 35.5 Å². The van der Waals surface area contributed by atoms with Crippen molar-refractivity contribution in [3.05, 3.63) is 78.1 Å². The lowest BCUT2D eigenvalue weighted by Gasteiger charge is -2.09. The van der Waals surface area contributed by atoms with Gasteiger partial charge < -0.3 is 14.6 Å². The minimum absolute atomic E-state index is 0.0265. The Labute approximate surface area is 202 Å². The standard InChI is InChI=1S/C23H24N4O5S2/c1-4-13-27-20(15-34(30,31)19-11-5-16(2)6-12-19)25-26-23(27)33-14-21(28)24-18-9-7-17(8-10-18)22(29)32-3/h4-12H,1,13-15H2,2-3H3,(H,24,28). The van der Waals surface area contributed by atoms with Crippen molar-refractivity contribution in [1.29, 1.82) is 0 Å². The topological polar surface area (TPSA) is 120 Å². The van der Waals surface area contributed by atoms with Gasteiger partial charge in [-0.05, 0) is 43.3 Å². The van der Waals surface area contributed by atoms with E-state index in [9.17, 15) is 18.0 Å². The van der Waals surface area contributed by atoms with Crippen molar-refractivity contribution in [3.8, 4) is 0 Å². The van der Waals surface area contributed by atoms with Crippen molar-refractivity contribution < 1.29 is 22.7 Å². The first-order chi connectivity index (χ1) is 16.2. The van der Waals surface area contributed by atoms with E-state index >= 15 is 0 Å². The summed E-state index contributed by atoms with van der Waals surface area (Å²) in [6, 6.07) is 12.9. The van der Waals surface area contributed by atoms with Crippen LogP contribution in [0, 0.1) is 6.92 Å². The number of nitrogens with zero attached hydrogens (tertiary/aromatic N) is 3. The van der Waals surface area contributed by atoms with Crippen LogP contribution in [0.4, 0.5) is 5.69 Å². The van der Waals surface area contributed by atoms with Crippen LogP contribution < -0.4 is 5.32 Å². The maximum absolute atomic E-state index is 12.8. The number of hydrogen-bond acceptors (Lipinski definition) is 8. The van der Waals surface area contributed by atoms with E-state index in [0.717, 1.165) is 17.3 Å². The number of ether oxygens (including phenoxy) is 1. The molecule has 1 amide bonds. The Bertz CT molecular complexity index is 1280. The van der Waals surface area contributed by atoms with Crippen LogP contribution in [-0.4, -0.2) is 47.9 Å². The smallest absolute Gasteiger partial charge is 0.337 e. The van der Waals surface area contributed by atoms with E-state index in [4.69, 9.17) is 0 Å². The van der Waals surface area contributed by atoms with Crippen molar-refractivity contribution in [2.45, 2.75) is 29.3 Å². The molecule has 1 aromatic heterocycles. The number of benzene rings is 2. The van der Waals surface area contributed by atoms with Crippen molar-refractivity contribution in [2.24, 2.45) is 0 Å². The highest BCUT2D eigenvalue weighted by molar-refractivity contribution is 7.99. The van der Waals surface area contributed by atoms with Gasteiger partial charge in [0.05, 0.1) is 23.3 Å². The fourth-order valence-corrected chi connectivity index (χ4v) is 5.02. The molecule has 1 heterocycles. The molecule has 0 fully saturated rings. The molecule has 0 aliphatic rings. The van der Waals surface area contributed by atoms with Crippen LogP contribution in [0.5, 0.6) is 0 Å². The van der Waals surface area contributed by atoms with Crippen LogP contribution >= 0.6 is 11.8 Å². The van der Waals surface area contributed by atoms with Gasteiger partial charge in [-0.15, -0.1) is 16.8 Å². The third kappa shape index (κ3) is 6.33. The van der Waals surface area contributed by atoms with Gasteiger partial charge in [-0.25, -0.2) is 13.2 Å². The molecule has 0 saturated carbocycles. The van der Waals surface area contributed by atoms with Gasteiger partial charge >= 0.3 is 5.97 Å². The molecule has 0 bridgehead atoms. The van der Waals surface area contributed by atoms with E-state index < -0.39 is 15.8 Å². The number of nitrogens with one attached hydrogen (secondary N) is 1. The zero-order chi connectivity index (χ0) is 24.7. The zero-order valence-electron chi connectivity index (χ0n) is 18.7. The van der Waals surface area contributed by atoms with Crippen LogP contribution in [0.25, 0.3) is 0 Å². The van der Waals surface area contributed by atoms with Crippen LogP contribution in [0.2, 0.25) is 0 Å². The van der Waals surface area contributed by atoms with Crippen LogP contribution in [0.3, 0.4) is 0 Å². The lowest BCUT2D eigenvalue weighted by Crippen LogP contribution is -2.15. The van der Waals surface area contributed by atoms with Crippen molar-refractivity contribution in [1.82, 2.24) is 14.8 Å². The highest BCUT2D eigenvalue weighted by atomic mass is 32.2. The van der Waals surface area contributed by atoms with Gasteiger partial charge in [0.2, 0.25) is 5.91 Å². The molecule has 1 N–H and O–H groups in total. The molecule has 0 saturated heterocycles. The number of esters is 1. The second-order valence-electron chi connectivity index (χ2n) is 7.28. The van der Waals surface area contributed by atoms with E-state index in [0.29, 0.717) is 23.0 Å². The van der Waals surface area contributed by atoms with Crippen molar-refractivity contribution in [2.75, 3.05) is 18.2 Å². The number of aryl methyl sites for hydroxylation is 1. The third-order valence-electron chi connectivity index (χ3n) is 4.73. The van der Waals surface area contributed by atoms with E-state index in [1.807, 2.05) is 6.92 Å². The second kappa shape index (κ2) is 11.1. The van der Waals surface area contributed by atoms with E-state index in [-0.39, 0.29) is 28.1 Å². The second-order valence-corrected chi connectivity index (χ2v) is 10.2. The van der Waals surface area contributed by atoms with E-state index in [2.05, 4.69) is 26.8 Å². The number of carbonyl (C=O) groups excluding carboxylic acids is 2. The molecular formula is C23H24N4O5S2. The largest absolute Gasteiger partial charge is 0.465 e. The lowest BCUT2D eigenvalue weighted by molar-refractivity contribution is -0.113. The predicted octanol–water partition coefficient (Wildman–Crippen LogP) is 3.26. The van der Waals surface area contributed by atoms with Crippen molar-refractivity contribution in [3.63, 3.8) is 0 Å². The Balaban J connectivity index is 1.67. The van der Waals surface area contributed by atoms with Gasteiger partial charge in [0.1, 0.15) is 11.6 Å². The maximum Gasteiger partial charge on any atom is 0.337 e. The number of anilines is 1. The minimum Gasteiger partial charge on any atom is -0.465 e. The first kappa shape index (κ1) is 25.2. The normalized spacial score (nSPS) is 11.1. The summed E-state index contributed by atoms with van der Waals surface area (Å²) in [4.78, 5) is 24.1. The summed E-state index contributed by atoms with van der Waals surface area (Å²) in [5.41, 5.74) is 1.86. The Morgan fingerprint density at radius 2 is 1.79 bits per heavy atom. The number of carbonyl (C=O) groups is 2. The minimum atomic E-state index is -3.62. The fraction of sp³-hybridized carbons (Fsp3) is 0.217. The Morgan fingerprint density at radius 3 is 2.41 bits per heavy atom. The van der Waals surface area contributed by atoms with E-state index in [1.165, 1.54) is 7.11 Å². The number of methoxy groups -OCH3 is 1. The number of hydrogen-bond donors (Lipinski definition) is 1. The molecule has 34 heavy (non-hydrogen) atoms. The summed E-state index contributed by atoms with van der Waals surface area (Å²) in [5.74, 6) is -0.788. The Hall–Kier alpha value is -3.44. The molecule has 0 aliphatic heterocycles. The summed E-state index contributed by atoms with van der Waals surface area (Å²) in [5, 5.41) is 11.3. The number of amides is 1. The molecular weight excluding hydrogens is 476 g/mol. The maximum atomic E-state index is 12.8. The molecule has 0 atom stereocenters. The molecule has 11 heteroatoms. The van der Waals surface area contributed by atoms with Gasteiger partial charge in [-0.3, -0.25) is 4.79 Å². The van der Waals surface area contributed by atoms with Crippen LogP contribution in [-0.2, 0) is 31.7 Å². The Kier molecular flexibility index (Phi) is 8.24. The van der Waals surface area contributed by atoms with Crippen molar-refractivity contribution >= 4 is 39.2 Å². The number of thioether (sulfide) groups is 1. The van der Waals surface area contributed by atoms with Gasteiger partial charge in [-0.2, -0.15) is 0 Å². The average Bonchev–Trinajstić information content (AvgIpc) is 3.18. The fourth-order valence-electron chi connectivity index (χ4n) is 2.98. The predicted molar refractivity (Wildman–Crippen MR) is 129 cm³/mol. The number of sulfone groups is 1. The highest BCUT2D eigenvalue weighted by Gasteiger charge is 2.21. The molecule has 0 unspecified atom stereocenters. The number of rotatable bonds is 10. The Morgan fingerprint density at radius 1 is 1.12 bits per heavy atom. The van der Waals surface area contributed by atoms with Gasteiger partial charge in [0, 0.05) is 12.2 Å². The van der Waals surface area contributed by atoms with Gasteiger partial charge in [0.25, 0.3) is 0 Å². The summed E-state index contributed by atoms with van der Waals surface area (Å²) in [6.45, 7) is 5.89. The third-order valence-corrected chi connectivity index (χ3v) is 7.32. The summed E-state index contributed by atoms with van der Waals surface area (Å²) < 4.78 is 31.9. The van der Waals surface area contributed by atoms with E-state index in [1.54, 1.807) is 59.2 Å². The molecule has 0 aliphatic carbocycles.